The summed E-state index contributed by atoms with van der Waals surface area (Å²) < 4.78 is 0. The van der Waals surface area contributed by atoms with Crippen LogP contribution in [0.15, 0.2) is 243 Å². The maximum Gasteiger partial charge on any atom is 0.160 e. The third-order valence-corrected chi connectivity index (χ3v) is 15.7. The van der Waals surface area contributed by atoms with Crippen LogP contribution in [0.3, 0.4) is 0 Å². The van der Waals surface area contributed by atoms with Gasteiger partial charge in [-0.1, -0.05) is 206 Å². The van der Waals surface area contributed by atoms with Crippen LogP contribution in [0.25, 0.3) is 164 Å². The quantitative estimate of drug-likeness (QED) is 0.156. The van der Waals surface area contributed by atoms with E-state index in [1.807, 2.05) is 12.4 Å². The van der Waals surface area contributed by atoms with Crippen LogP contribution in [0.4, 0.5) is 0 Å². The third-order valence-electron chi connectivity index (χ3n) is 15.7. The zero-order chi connectivity index (χ0) is 48.4. The van der Waals surface area contributed by atoms with Crippen LogP contribution in [0.2, 0.25) is 0 Å². The largest absolute Gasteiger partial charge is 0.256 e. The average molecular weight is 937 g/mol. The second-order valence-electron chi connectivity index (χ2n) is 19.7. The predicted molar refractivity (Wildman–Crippen MR) is 310 cm³/mol. The molecule has 0 atom stereocenters. The molecule has 0 aliphatic rings. The van der Waals surface area contributed by atoms with Crippen LogP contribution >= 0.6 is 0 Å². The van der Waals surface area contributed by atoms with E-state index in [9.17, 15) is 0 Å². The minimum absolute atomic E-state index is 0.652. The summed E-state index contributed by atoms with van der Waals surface area (Å²) >= 11 is 0. The van der Waals surface area contributed by atoms with Crippen molar-refractivity contribution >= 4 is 97.1 Å². The lowest BCUT2D eigenvalue weighted by molar-refractivity contribution is 1.23. The summed E-state index contributed by atoms with van der Waals surface area (Å²) in [4.78, 5) is 21.1. The Labute approximate surface area is 425 Å². The molecule has 0 aliphatic heterocycles. The van der Waals surface area contributed by atoms with Gasteiger partial charge in [-0.25, -0.2) is 9.97 Å². The second kappa shape index (κ2) is 15.8. The van der Waals surface area contributed by atoms with Crippen LogP contribution in [-0.2, 0) is 0 Å². The van der Waals surface area contributed by atoms with Crippen LogP contribution in [0.1, 0.15) is 0 Å². The molecule has 16 aromatic rings. The molecule has 4 nitrogen and oxygen atoms in total. The SMILES string of the molecule is c1ccc2c(-c3ccc(-c4nc(-c5ccc(-c6nccc7ccccc67)cc5)c5cc(-c6ccc7ccc8cccc9ccc6c7c89)cc(-c6ccc7ccc8cccc9ccc6c7c89)c5n4)cc3)nccc2c1. The predicted octanol–water partition coefficient (Wildman–Crippen LogP) is 18.5. The Balaban J connectivity index is 0.985. The fraction of sp³-hybridized carbons (Fsp3) is 0. The minimum Gasteiger partial charge on any atom is -0.256 e. The summed E-state index contributed by atoms with van der Waals surface area (Å²) in [6.45, 7) is 0. The highest BCUT2D eigenvalue weighted by Gasteiger charge is 2.22. The van der Waals surface area contributed by atoms with Crippen molar-refractivity contribution in [3.05, 3.63) is 243 Å². The van der Waals surface area contributed by atoms with Gasteiger partial charge in [-0.15, -0.1) is 0 Å². The van der Waals surface area contributed by atoms with Crippen molar-refractivity contribution in [3.63, 3.8) is 0 Å². The Morgan fingerprint density at radius 1 is 0.230 bits per heavy atom. The lowest BCUT2D eigenvalue weighted by Gasteiger charge is -2.19. The number of benzene rings is 13. The molecule has 4 heteroatoms. The van der Waals surface area contributed by atoms with E-state index in [2.05, 4.69) is 231 Å². The number of aromatic nitrogens is 4. The molecule has 340 valence electrons. The van der Waals surface area contributed by atoms with Crippen molar-refractivity contribution in [3.8, 4) is 67.4 Å². The van der Waals surface area contributed by atoms with E-state index < -0.39 is 0 Å². The molecule has 13 aromatic carbocycles. The monoisotopic (exact) mass is 936 g/mol. The lowest BCUT2D eigenvalue weighted by atomic mass is 9.86. The summed E-state index contributed by atoms with van der Waals surface area (Å²) in [5.74, 6) is 0.652. The average Bonchev–Trinajstić information content (AvgIpc) is 3.48. The molecule has 0 bridgehead atoms. The van der Waals surface area contributed by atoms with Gasteiger partial charge in [0.1, 0.15) is 0 Å². The van der Waals surface area contributed by atoms with Crippen molar-refractivity contribution < 1.29 is 0 Å². The first-order valence-electron chi connectivity index (χ1n) is 25.3. The first-order valence-corrected chi connectivity index (χ1v) is 25.3. The molecule has 0 saturated carbocycles. The van der Waals surface area contributed by atoms with Crippen molar-refractivity contribution in [1.82, 2.24) is 19.9 Å². The lowest BCUT2D eigenvalue weighted by Crippen LogP contribution is -1.99. The Hall–Kier alpha value is -9.90. The molecule has 0 spiro atoms. The maximum absolute atomic E-state index is 5.70. The number of hydrogen-bond acceptors (Lipinski definition) is 4. The van der Waals surface area contributed by atoms with Crippen LogP contribution in [0, 0.1) is 0 Å². The summed E-state index contributed by atoms with van der Waals surface area (Å²) in [5, 5.41) is 20.5. The van der Waals surface area contributed by atoms with Gasteiger partial charge in [0.15, 0.2) is 5.82 Å². The Bertz CT molecular complexity index is 4900. The molecule has 3 heterocycles. The highest BCUT2D eigenvalue weighted by atomic mass is 14.9. The summed E-state index contributed by atoms with van der Waals surface area (Å²) in [7, 11) is 0. The molecule has 16 rings (SSSR count). The van der Waals surface area contributed by atoms with E-state index in [0.29, 0.717) is 5.82 Å². The van der Waals surface area contributed by atoms with Gasteiger partial charge in [-0.2, -0.15) is 0 Å². The van der Waals surface area contributed by atoms with Crippen molar-refractivity contribution in [2.24, 2.45) is 0 Å². The van der Waals surface area contributed by atoms with Gasteiger partial charge >= 0.3 is 0 Å². The number of rotatable bonds is 6. The number of pyridine rings is 2. The highest BCUT2D eigenvalue weighted by Crippen LogP contribution is 2.47. The molecule has 0 unspecified atom stereocenters. The van der Waals surface area contributed by atoms with Gasteiger partial charge in [0.25, 0.3) is 0 Å². The zero-order valence-corrected chi connectivity index (χ0v) is 39.9. The summed E-state index contributed by atoms with van der Waals surface area (Å²) in [6.07, 6.45) is 3.79. The van der Waals surface area contributed by atoms with Gasteiger partial charge in [0.2, 0.25) is 0 Å². The van der Waals surface area contributed by atoms with E-state index in [0.717, 1.165) is 88.5 Å². The van der Waals surface area contributed by atoms with Crippen LogP contribution in [0.5, 0.6) is 0 Å². The number of nitrogens with zero attached hydrogens (tertiary/aromatic N) is 4. The minimum atomic E-state index is 0.652. The molecule has 0 aliphatic carbocycles. The fourth-order valence-electron chi connectivity index (χ4n) is 12.2. The van der Waals surface area contributed by atoms with Gasteiger partial charge in [-0.05, 0) is 116 Å². The molecule has 0 amide bonds. The number of fused-ring (bicyclic) bond motifs is 3. The maximum atomic E-state index is 5.70. The molecular formula is C70H40N4. The molecule has 0 fully saturated rings. The van der Waals surface area contributed by atoms with Gasteiger partial charge in [0.05, 0.1) is 22.6 Å². The molecule has 0 radical (unpaired) electrons. The summed E-state index contributed by atoms with van der Waals surface area (Å²) in [6, 6.07) is 83.8. The van der Waals surface area contributed by atoms with E-state index in [4.69, 9.17) is 19.9 Å². The van der Waals surface area contributed by atoms with E-state index in [1.54, 1.807) is 0 Å². The second-order valence-corrected chi connectivity index (χ2v) is 19.7. The van der Waals surface area contributed by atoms with E-state index >= 15 is 0 Å². The van der Waals surface area contributed by atoms with Crippen molar-refractivity contribution in [2.75, 3.05) is 0 Å². The smallest absolute Gasteiger partial charge is 0.160 e. The van der Waals surface area contributed by atoms with Crippen LogP contribution < -0.4 is 0 Å². The fourth-order valence-corrected chi connectivity index (χ4v) is 12.2. The standard InChI is InChI=1S/C70H40N4/c1-3-13-55-41(7-1)35-37-71-66(55)49-19-21-51(22-20-49)68-61-40-53(54-31-27-47-17-15-43-9-5-11-45-29-33-58(54)64(47)62(43)45)39-60(57-32-28-48-18-16-44-10-6-12-46-30-34-59(57)65(48)63(44)46)69(61)74-70(73-68)52-25-23-50(24-26-52)67-56-14-4-2-8-42(56)36-38-72-67/h1-40H. The third kappa shape index (κ3) is 6.15. The van der Waals surface area contributed by atoms with Crippen molar-refractivity contribution in [1.29, 1.82) is 0 Å². The van der Waals surface area contributed by atoms with E-state index in [1.165, 1.54) is 70.2 Å². The number of hydrogen-bond donors (Lipinski definition) is 0. The van der Waals surface area contributed by atoms with Gasteiger partial charge in [-0.3, -0.25) is 9.97 Å². The summed E-state index contributed by atoms with van der Waals surface area (Å²) in [5.41, 5.74) is 12.1. The normalized spacial score (nSPS) is 12.1. The molecule has 0 N–H and O–H groups in total. The Morgan fingerprint density at radius 2 is 0.662 bits per heavy atom. The Kier molecular flexibility index (Phi) is 8.71. The zero-order valence-electron chi connectivity index (χ0n) is 39.9. The highest BCUT2D eigenvalue weighted by molar-refractivity contribution is 6.28. The Morgan fingerprint density at radius 3 is 1.22 bits per heavy atom. The van der Waals surface area contributed by atoms with Gasteiger partial charge in [0, 0.05) is 56.4 Å². The molecule has 0 saturated heterocycles. The molecule has 74 heavy (non-hydrogen) atoms. The topological polar surface area (TPSA) is 51.6 Å². The first kappa shape index (κ1) is 40.8. The first-order chi connectivity index (χ1) is 36.7. The van der Waals surface area contributed by atoms with Crippen molar-refractivity contribution in [2.45, 2.75) is 0 Å². The van der Waals surface area contributed by atoms with Gasteiger partial charge < -0.3 is 0 Å². The molecular weight excluding hydrogens is 897 g/mol. The van der Waals surface area contributed by atoms with E-state index in [-0.39, 0.29) is 0 Å². The van der Waals surface area contributed by atoms with Crippen LogP contribution in [-0.4, -0.2) is 19.9 Å². The molecule has 3 aromatic heterocycles.